The van der Waals surface area contributed by atoms with Crippen molar-refractivity contribution in [3.05, 3.63) is 64.3 Å². The van der Waals surface area contributed by atoms with Crippen LogP contribution < -0.4 is 10.6 Å². The summed E-state index contributed by atoms with van der Waals surface area (Å²) in [6.45, 7) is 1.46. The van der Waals surface area contributed by atoms with Gasteiger partial charge in [0.05, 0.1) is 17.2 Å². The largest absolute Gasteiger partial charge is 0.376 e. The fourth-order valence-electron chi connectivity index (χ4n) is 2.27. The van der Waals surface area contributed by atoms with Gasteiger partial charge in [0.1, 0.15) is 5.82 Å². The van der Waals surface area contributed by atoms with Crippen molar-refractivity contribution in [1.82, 2.24) is 10.1 Å². The Hall–Kier alpha value is -3.82. The summed E-state index contributed by atoms with van der Waals surface area (Å²) < 4.78 is 18.8. The van der Waals surface area contributed by atoms with Crippen LogP contribution in [0.3, 0.4) is 0 Å². The molecule has 0 radical (unpaired) electrons. The van der Waals surface area contributed by atoms with Crippen LogP contribution in [0.4, 0.5) is 21.5 Å². The molecule has 0 aliphatic heterocycles. The highest BCUT2D eigenvalue weighted by atomic mass is 19.1. The van der Waals surface area contributed by atoms with Crippen molar-refractivity contribution < 1.29 is 18.6 Å². The molecule has 3 aromatic rings. The number of rotatable bonds is 6. The molecule has 1 aromatic heterocycles. The summed E-state index contributed by atoms with van der Waals surface area (Å²) in [5.41, 5.74) is 1.15. The van der Waals surface area contributed by atoms with E-state index in [-0.39, 0.29) is 29.7 Å². The molecule has 27 heavy (non-hydrogen) atoms. The van der Waals surface area contributed by atoms with Crippen molar-refractivity contribution in [2.45, 2.75) is 13.5 Å². The second-order valence-electron chi connectivity index (χ2n) is 5.55. The van der Waals surface area contributed by atoms with Crippen molar-refractivity contribution in [1.29, 1.82) is 0 Å². The number of non-ortho nitro benzene ring substituents is 1. The lowest BCUT2D eigenvalue weighted by atomic mass is 10.2. The van der Waals surface area contributed by atoms with E-state index in [9.17, 15) is 19.3 Å². The van der Waals surface area contributed by atoms with Crippen LogP contribution in [0.5, 0.6) is 0 Å². The third kappa shape index (κ3) is 4.42. The monoisotopic (exact) mass is 371 g/mol. The minimum Gasteiger partial charge on any atom is -0.376 e. The lowest BCUT2D eigenvalue weighted by Crippen LogP contribution is -2.08. The van der Waals surface area contributed by atoms with E-state index in [4.69, 9.17) is 4.52 Å². The lowest BCUT2D eigenvalue weighted by Gasteiger charge is -2.08. The van der Waals surface area contributed by atoms with Crippen LogP contribution >= 0.6 is 0 Å². The van der Waals surface area contributed by atoms with Crippen molar-refractivity contribution in [3.63, 3.8) is 0 Å². The summed E-state index contributed by atoms with van der Waals surface area (Å²) >= 11 is 0. The van der Waals surface area contributed by atoms with E-state index >= 15 is 0 Å². The van der Waals surface area contributed by atoms with Gasteiger partial charge < -0.3 is 15.2 Å². The molecule has 0 aliphatic rings. The molecular formula is C17H14FN5O4. The molecule has 0 unspecified atom stereocenters. The number of hydrogen-bond acceptors (Lipinski definition) is 7. The number of nitrogens with zero attached hydrogens (tertiary/aromatic N) is 3. The zero-order valence-corrected chi connectivity index (χ0v) is 14.1. The summed E-state index contributed by atoms with van der Waals surface area (Å²) in [5, 5.41) is 19.9. The summed E-state index contributed by atoms with van der Waals surface area (Å²) in [5.74, 6) is -0.363. The van der Waals surface area contributed by atoms with E-state index < -0.39 is 10.7 Å². The summed E-state index contributed by atoms with van der Waals surface area (Å²) in [6.07, 6.45) is 0. The van der Waals surface area contributed by atoms with Gasteiger partial charge in [0.2, 0.25) is 17.6 Å². The average Bonchev–Trinajstić information content (AvgIpc) is 3.11. The minimum absolute atomic E-state index is 0.0320. The molecule has 0 fully saturated rings. The van der Waals surface area contributed by atoms with Gasteiger partial charge in [-0.15, -0.1) is 0 Å². The molecule has 2 N–H and O–H groups in total. The number of aromatic nitrogens is 2. The first-order valence-electron chi connectivity index (χ1n) is 7.81. The van der Waals surface area contributed by atoms with Gasteiger partial charge in [-0.1, -0.05) is 5.16 Å². The predicted molar refractivity (Wildman–Crippen MR) is 94.4 cm³/mol. The zero-order valence-electron chi connectivity index (χ0n) is 14.1. The third-order valence-electron chi connectivity index (χ3n) is 3.53. The van der Waals surface area contributed by atoms with Gasteiger partial charge in [0.25, 0.3) is 5.69 Å². The van der Waals surface area contributed by atoms with Gasteiger partial charge in [0.15, 0.2) is 0 Å². The summed E-state index contributed by atoms with van der Waals surface area (Å²) in [7, 11) is 0. The van der Waals surface area contributed by atoms with Gasteiger partial charge >= 0.3 is 0 Å². The number of carbonyl (C=O) groups excluding carboxylic acids is 1. The molecule has 2 aromatic carbocycles. The molecule has 1 heterocycles. The van der Waals surface area contributed by atoms with E-state index in [2.05, 4.69) is 20.8 Å². The first kappa shape index (κ1) is 18.0. The number of hydrogen-bond donors (Lipinski definition) is 2. The number of halogens is 1. The molecular weight excluding hydrogens is 357 g/mol. The molecule has 9 nitrogen and oxygen atoms in total. The highest BCUT2D eigenvalue weighted by Crippen LogP contribution is 2.22. The summed E-state index contributed by atoms with van der Waals surface area (Å²) in [6, 6.07) is 9.94. The molecule has 0 spiro atoms. The van der Waals surface area contributed by atoms with E-state index in [0.717, 1.165) is 0 Å². The number of anilines is 2. The Morgan fingerprint density at radius 3 is 2.67 bits per heavy atom. The van der Waals surface area contributed by atoms with Gasteiger partial charge in [-0.05, 0) is 30.3 Å². The van der Waals surface area contributed by atoms with Gasteiger partial charge in [-0.3, -0.25) is 14.9 Å². The molecule has 0 saturated carbocycles. The van der Waals surface area contributed by atoms with Crippen molar-refractivity contribution in [2.75, 3.05) is 10.6 Å². The Bertz CT molecular complexity index is 987. The van der Waals surface area contributed by atoms with Crippen molar-refractivity contribution in [2.24, 2.45) is 0 Å². The molecule has 1 amide bonds. The maximum atomic E-state index is 13.6. The first-order chi connectivity index (χ1) is 12.9. The van der Waals surface area contributed by atoms with E-state index in [1.807, 2.05) is 0 Å². The number of nitro groups is 1. The van der Waals surface area contributed by atoms with Crippen LogP contribution in [0.25, 0.3) is 11.4 Å². The SMILES string of the molecule is CC(=O)Nc1cc(NCc2nc(-c3ccc([N+](=O)[O-])cc3)no2)ccc1F. The fourth-order valence-corrected chi connectivity index (χ4v) is 2.27. The Morgan fingerprint density at radius 2 is 2.00 bits per heavy atom. The quantitative estimate of drug-likeness (QED) is 0.503. The highest BCUT2D eigenvalue weighted by Gasteiger charge is 2.11. The fraction of sp³-hybridized carbons (Fsp3) is 0.118. The number of amides is 1. The number of benzene rings is 2. The van der Waals surface area contributed by atoms with E-state index in [1.165, 1.54) is 49.4 Å². The molecule has 0 saturated heterocycles. The second-order valence-corrected chi connectivity index (χ2v) is 5.55. The maximum absolute atomic E-state index is 13.6. The van der Waals surface area contributed by atoms with Crippen LogP contribution in [-0.4, -0.2) is 21.0 Å². The van der Waals surface area contributed by atoms with Crippen LogP contribution in [-0.2, 0) is 11.3 Å². The lowest BCUT2D eigenvalue weighted by molar-refractivity contribution is -0.384. The van der Waals surface area contributed by atoms with Crippen LogP contribution in [0.1, 0.15) is 12.8 Å². The molecule has 10 heteroatoms. The Labute approximate surface area is 152 Å². The topological polar surface area (TPSA) is 123 Å². The van der Waals surface area contributed by atoms with Gasteiger partial charge in [-0.25, -0.2) is 4.39 Å². The van der Waals surface area contributed by atoms with Gasteiger partial charge in [-0.2, -0.15) is 4.98 Å². The van der Waals surface area contributed by atoms with Crippen molar-refractivity contribution in [3.8, 4) is 11.4 Å². The third-order valence-corrected chi connectivity index (χ3v) is 3.53. The number of carbonyl (C=O) groups is 1. The summed E-state index contributed by atoms with van der Waals surface area (Å²) in [4.78, 5) is 25.5. The average molecular weight is 371 g/mol. The standard InChI is InChI=1S/C17H14FN5O4/c1-10(24)20-15-8-12(4-7-14(15)18)19-9-16-21-17(22-27-16)11-2-5-13(6-3-11)23(25)26/h2-8,19H,9H2,1H3,(H,20,24). The van der Waals surface area contributed by atoms with Crippen molar-refractivity contribution >= 4 is 23.0 Å². The Morgan fingerprint density at radius 1 is 1.26 bits per heavy atom. The zero-order chi connectivity index (χ0) is 19.4. The second kappa shape index (κ2) is 7.60. The van der Waals surface area contributed by atoms with Crippen LogP contribution in [0.2, 0.25) is 0 Å². The highest BCUT2D eigenvalue weighted by molar-refractivity contribution is 5.89. The van der Waals surface area contributed by atoms with Crippen LogP contribution in [0.15, 0.2) is 47.0 Å². The Balaban J connectivity index is 1.68. The smallest absolute Gasteiger partial charge is 0.269 e. The molecule has 3 rings (SSSR count). The maximum Gasteiger partial charge on any atom is 0.269 e. The molecule has 0 bridgehead atoms. The molecule has 138 valence electrons. The molecule has 0 atom stereocenters. The van der Waals surface area contributed by atoms with E-state index in [0.29, 0.717) is 17.1 Å². The normalized spacial score (nSPS) is 10.4. The predicted octanol–water partition coefficient (Wildman–Crippen LogP) is 3.35. The number of nitro benzene ring substituents is 1. The van der Waals surface area contributed by atoms with Gasteiger partial charge in [0, 0.05) is 30.3 Å². The van der Waals surface area contributed by atoms with E-state index in [1.54, 1.807) is 0 Å². The minimum atomic E-state index is -0.547. The Kier molecular flexibility index (Phi) is 5.06. The number of nitrogens with one attached hydrogen (secondary N) is 2. The molecule has 0 aliphatic carbocycles. The van der Waals surface area contributed by atoms with Crippen LogP contribution in [0, 0.1) is 15.9 Å². The first-order valence-corrected chi connectivity index (χ1v) is 7.81.